The van der Waals surface area contributed by atoms with Crippen molar-refractivity contribution in [3.05, 3.63) is 54.1 Å². The number of hydrogen-bond donors (Lipinski definition) is 1. The molecule has 1 N–H and O–H groups in total. The summed E-state index contributed by atoms with van der Waals surface area (Å²) >= 11 is 0. The topological polar surface area (TPSA) is 50.2 Å². The molecule has 26 heavy (non-hydrogen) atoms. The number of nitrogens with one attached hydrogen (secondary N) is 1. The van der Waals surface area contributed by atoms with Crippen LogP contribution < -0.4 is 5.32 Å². The molecule has 1 aliphatic rings. The van der Waals surface area contributed by atoms with E-state index < -0.39 is 5.82 Å². The summed E-state index contributed by atoms with van der Waals surface area (Å²) in [5.74, 6) is -0.729. The van der Waals surface area contributed by atoms with Crippen molar-refractivity contribution in [3.8, 4) is 11.1 Å². The summed E-state index contributed by atoms with van der Waals surface area (Å²) in [6, 6.07) is 10.6. The fourth-order valence-corrected chi connectivity index (χ4v) is 3.22. The first-order valence-electron chi connectivity index (χ1n) is 8.34. The van der Waals surface area contributed by atoms with Crippen molar-refractivity contribution < 1.29 is 9.18 Å². The zero-order valence-corrected chi connectivity index (χ0v) is 15.2. The molecule has 7 heteroatoms. The van der Waals surface area contributed by atoms with E-state index in [0.717, 1.165) is 35.2 Å². The molecule has 1 aromatic heterocycles. The number of hydrogen-bond acceptors (Lipinski definition) is 3. The second-order valence-corrected chi connectivity index (χ2v) is 6.30. The van der Waals surface area contributed by atoms with Gasteiger partial charge in [-0.1, -0.05) is 12.1 Å². The fraction of sp³-hybridized carbons (Fsp3) is 0.263. The van der Waals surface area contributed by atoms with E-state index in [2.05, 4.69) is 10.3 Å². The maximum atomic E-state index is 14.6. The van der Waals surface area contributed by atoms with Gasteiger partial charge in [0, 0.05) is 33.2 Å². The number of rotatable bonds is 2. The Morgan fingerprint density at radius 3 is 2.54 bits per heavy atom. The molecule has 1 saturated heterocycles. The first-order chi connectivity index (χ1) is 12.1. The van der Waals surface area contributed by atoms with Gasteiger partial charge in [0.15, 0.2) is 0 Å². The molecule has 5 nitrogen and oxygen atoms in total. The molecular weight excluding hydrogens is 355 g/mol. The Labute approximate surface area is 157 Å². The molecule has 0 radical (unpaired) electrons. The second kappa shape index (κ2) is 7.43. The third kappa shape index (κ3) is 3.30. The lowest BCUT2D eigenvalue weighted by atomic mass is 10.0. The van der Waals surface area contributed by atoms with Crippen LogP contribution in [0.2, 0.25) is 0 Å². The smallest absolute Gasteiger partial charge is 0.256 e. The van der Waals surface area contributed by atoms with Gasteiger partial charge in [-0.3, -0.25) is 4.79 Å². The largest absolute Gasteiger partial charge is 0.336 e. The minimum Gasteiger partial charge on any atom is -0.336 e. The van der Waals surface area contributed by atoms with Crippen LogP contribution >= 0.6 is 12.4 Å². The van der Waals surface area contributed by atoms with Crippen molar-refractivity contribution in [3.63, 3.8) is 0 Å². The SMILES string of the molecule is Cl.Cn1cnc2cc(-c3ccc(C(=O)N4CCNCC4)c(F)c3)ccc21. The van der Waals surface area contributed by atoms with E-state index in [1.54, 1.807) is 23.4 Å². The number of fused-ring (bicyclic) bond motifs is 1. The summed E-state index contributed by atoms with van der Waals surface area (Å²) in [6.45, 7) is 2.71. The normalized spacial score (nSPS) is 14.3. The highest BCUT2D eigenvalue weighted by Crippen LogP contribution is 2.26. The number of halogens is 2. The standard InChI is InChI=1S/C19H19FN4O.ClH/c1-23-12-22-17-11-14(3-5-18(17)23)13-2-4-15(16(20)10-13)19(25)24-8-6-21-7-9-24;/h2-5,10-12,21H,6-9H2,1H3;1H. The van der Waals surface area contributed by atoms with Crippen LogP contribution in [0.5, 0.6) is 0 Å². The molecule has 0 spiro atoms. The number of nitrogens with zero attached hydrogens (tertiary/aromatic N) is 3. The molecule has 1 fully saturated rings. The molecule has 0 atom stereocenters. The number of aromatic nitrogens is 2. The lowest BCUT2D eigenvalue weighted by Crippen LogP contribution is -2.46. The molecule has 1 amide bonds. The number of aryl methyl sites for hydroxylation is 1. The molecule has 1 aliphatic heterocycles. The number of amides is 1. The lowest BCUT2D eigenvalue weighted by molar-refractivity contribution is 0.0731. The van der Waals surface area contributed by atoms with Crippen molar-refractivity contribution >= 4 is 29.3 Å². The first-order valence-corrected chi connectivity index (χ1v) is 8.34. The predicted octanol–water partition coefficient (Wildman–Crippen LogP) is 2.85. The molecular formula is C19H20ClFN4O. The molecule has 4 rings (SSSR count). The van der Waals surface area contributed by atoms with Gasteiger partial charge >= 0.3 is 0 Å². The summed E-state index contributed by atoms with van der Waals surface area (Å²) in [7, 11) is 1.94. The number of benzene rings is 2. The Bertz CT molecular complexity index is 950. The van der Waals surface area contributed by atoms with Crippen LogP contribution in [0.3, 0.4) is 0 Å². The van der Waals surface area contributed by atoms with Crippen LogP contribution in [0, 0.1) is 5.82 Å². The summed E-state index contributed by atoms with van der Waals surface area (Å²) in [6.07, 6.45) is 1.75. The third-order valence-electron chi connectivity index (χ3n) is 4.66. The highest BCUT2D eigenvalue weighted by molar-refractivity contribution is 5.95. The molecule has 3 aromatic rings. The van der Waals surface area contributed by atoms with Crippen LogP contribution in [0.15, 0.2) is 42.7 Å². The zero-order valence-electron chi connectivity index (χ0n) is 14.4. The number of piperazine rings is 1. The highest BCUT2D eigenvalue weighted by Gasteiger charge is 2.21. The maximum Gasteiger partial charge on any atom is 0.256 e. The molecule has 0 saturated carbocycles. The lowest BCUT2D eigenvalue weighted by Gasteiger charge is -2.27. The van der Waals surface area contributed by atoms with E-state index in [9.17, 15) is 9.18 Å². The highest BCUT2D eigenvalue weighted by atomic mass is 35.5. The average Bonchev–Trinajstić information content (AvgIpc) is 3.02. The van der Waals surface area contributed by atoms with Gasteiger partial charge in [0.2, 0.25) is 0 Å². The molecule has 2 aromatic carbocycles. The van der Waals surface area contributed by atoms with Crippen molar-refractivity contribution in [1.82, 2.24) is 19.8 Å². The van der Waals surface area contributed by atoms with Crippen LogP contribution in [-0.4, -0.2) is 46.5 Å². The van der Waals surface area contributed by atoms with Crippen molar-refractivity contribution in [2.75, 3.05) is 26.2 Å². The average molecular weight is 375 g/mol. The van der Waals surface area contributed by atoms with Crippen LogP contribution in [0.1, 0.15) is 10.4 Å². The van der Waals surface area contributed by atoms with Gasteiger partial charge in [0.1, 0.15) is 5.82 Å². The van der Waals surface area contributed by atoms with Gasteiger partial charge in [-0.2, -0.15) is 0 Å². The zero-order chi connectivity index (χ0) is 17.4. The van der Waals surface area contributed by atoms with Gasteiger partial charge in [-0.05, 0) is 35.4 Å². The fourth-order valence-electron chi connectivity index (χ4n) is 3.22. The second-order valence-electron chi connectivity index (χ2n) is 6.30. The summed E-state index contributed by atoms with van der Waals surface area (Å²) in [5.41, 5.74) is 3.63. The van der Waals surface area contributed by atoms with E-state index in [1.165, 1.54) is 6.07 Å². The van der Waals surface area contributed by atoms with Crippen molar-refractivity contribution in [2.24, 2.45) is 7.05 Å². The number of imidazole rings is 1. The monoisotopic (exact) mass is 374 g/mol. The summed E-state index contributed by atoms with van der Waals surface area (Å²) < 4.78 is 16.5. The van der Waals surface area contributed by atoms with Gasteiger partial charge in [0.05, 0.1) is 22.9 Å². The van der Waals surface area contributed by atoms with E-state index in [1.807, 2.05) is 29.8 Å². The molecule has 2 heterocycles. The van der Waals surface area contributed by atoms with E-state index in [0.29, 0.717) is 13.1 Å². The summed E-state index contributed by atoms with van der Waals surface area (Å²) in [4.78, 5) is 18.5. The summed E-state index contributed by atoms with van der Waals surface area (Å²) in [5, 5.41) is 3.19. The van der Waals surface area contributed by atoms with Crippen molar-refractivity contribution in [2.45, 2.75) is 0 Å². The van der Waals surface area contributed by atoms with E-state index in [-0.39, 0.29) is 23.9 Å². The number of carbonyl (C=O) groups is 1. The first kappa shape index (κ1) is 18.4. The molecule has 0 unspecified atom stereocenters. The van der Waals surface area contributed by atoms with Crippen LogP contribution in [-0.2, 0) is 7.05 Å². The Morgan fingerprint density at radius 1 is 1.12 bits per heavy atom. The van der Waals surface area contributed by atoms with E-state index >= 15 is 0 Å². The number of carbonyl (C=O) groups excluding carboxylic acids is 1. The Balaban J connectivity index is 0.00000196. The Morgan fingerprint density at radius 2 is 1.81 bits per heavy atom. The van der Waals surface area contributed by atoms with Gasteiger partial charge in [-0.15, -0.1) is 12.4 Å². The molecule has 0 bridgehead atoms. The quantitative estimate of drug-likeness (QED) is 0.750. The predicted molar refractivity (Wildman–Crippen MR) is 102 cm³/mol. The van der Waals surface area contributed by atoms with Gasteiger partial charge < -0.3 is 14.8 Å². The molecule has 136 valence electrons. The van der Waals surface area contributed by atoms with Crippen LogP contribution in [0.25, 0.3) is 22.2 Å². The third-order valence-corrected chi connectivity index (χ3v) is 4.66. The van der Waals surface area contributed by atoms with Crippen LogP contribution in [0.4, 0.5) is 4.39 Å². The van der Waals surface area contributed by atoms with E-state index in [4.69, 9.17) is 0 Å². The minimum absolute atomic E-state index is 0. The van der Waals surface area contributed by atoms with Gasteiger partial charge in [-0.25, -0.2) is 9.37 Å². The Hall–Kier alpha value is -2.44. The minimum atomic E-state index is -0.484. The maximum absolute atomic E-state index is 14.6. The molecule has 0 aliphatic carbocycles. The van der Waals surface area contributed by atoms with Gasteiger partial charge in [0.25, 0.3) is 5.91 Å². The van der Waals surface area contributed by atoms with Crippen molar-refractivity contribution in [1.29, 1.82) is 0 Å². The Kier molecular flexibility index (Phi) is 5.25.